The Hall–Kier alpha value is -4.35. The number of hydrogen-bond donors (Lipinski definition) is 3. The summed E-state index contributed by atoms with van der Waals surface area (Å²) in [5.74, 6) is -5.08. The number of carbonyl (C=O) groups is 8. The van der Waals surface area contributed by atoms with Crippen molar-refractivity contribution in [3.05, 3.63) is 35.9 Å². The molecular formula is C50H79N5O11S. The van der Waals surface area contributed by atoms with Gasteiger partial charge < -0.3 is 35.0 Å². The molecule has 376 valence electrons. The summed E-state index contributed by atoms with van der Waals surface area (Å²) in [4.78, 5) is 111. The molecule has 17 heteroatoms. The monoisotopic (exact) mass is 958 g/mol. The first kappa shape index (κ1) is 57.0. The van der Waals surface area contributed by atoms with E-state index < -0.39 is 60.1 Å². The van der Waals surface area contributed by atoms with Gasteiger partial charge in [-0.25, -0.2) is 4.79 Å². The van der Waals surface area contributed by atoms with Gasteiger partial charge >= 0.3 is 5.97 Å². The lowest BCUT2D eigenvalue weighted by molar-refractivity contribution is -0.145. The normalized spacial score (nSPS) is 20.0. The van der Waals surface area contributed by atoms with Crippen molar-refractivity contribution in [3.63, 3.8) is 0 Å². The first-order chi connectivity index (χ1) is 31.7. The van der Waals surface area contributed by atoms with Crippen molar-refractivity contribution in [3.8, 4) is 0 Å². The van der Waals surface area contributed by atoms with Gasteiger partial charge in [-0.15, -0.1) is 0 Å². The third-order valence-corrected chi connectivity index (χ3v) is 14.8. The quantitative estimate of drug-likeness (QED) is 0.0705. The zero-order valence-corrected chi connectivity index (χ0v) is 42.6. The summed E-state index contributed by atoms with van der Waals surface area (Å²) in [5.41, 5.74) is 0.766. The van der Waals surface area contributed by atoms with E-state index in [1.54, 1.807) is 43.1 Å². The van der Waals surface area contributed by atoms with Crippen LogP contribution in [0.25, 0.3) is 0 Å². The SMILES string of the molecule is CC[C@H](C)[C@H](NC(=O)[C@@H](CC(=O)[C@H](C(C)C)N(C)C(=O)CCCCCN1C(=O)CC(SC)C1=O)C(C)C)[C@@H](CC(=O)N1CCC[C@H]1[C@H](OC)[C@@H](C)C(=O)N[C@@H](Cc1ccccc1)C(=O)O)OC. The number of amides is 6. The number of Topliss-reactive ketones (excluding diaryl/α,β-unsaturated/α-hetero) is 1. The molecular weight excluding hydrogens is 879 g/mol. The molecule has 67 heavy (non-hydrogen) atoms. The molecule has 10 atom stereocenters. The predicted molar refractivity (Wildman–Crippen MR) is 258 cm³/mol. The number of imide groups is 1. The molecule has 2 aliphatic heterocycles. The average Bonchev–Trinajstić information content (AvgIpc) is 3.89. The standard InChI is InChI=1S/C50H79N5O11S/c1-12-32(6)44(39(65-9)28-42(58)54-25-19-22-37(54)46(66-10)33(7)47(60)51-36(50(63)64)26-34-20-15-13-16-21-34)52-48(61)35(30(2)3)27-38(56)45(31(4)5)53(8)41(57)23-17-14-18-24-55-43(59)29-40(67-11)49(55)62/h13,15-16,20-21,30-33,35-37,39-40,44-46H,12,14,17-19,22-29H2,1-11H3,(H,51,60)(H,52,61)(H,63,64)/t32-,33+,35-,36-,37-,39+,40?,44-,45-,46+/m0/s1. The van der Waals surface area contributed by atoms with Crippen molar-refractivity contribution in [2.75, 3.05) is 40.6 Å². The first-order valence-corrected chi connectivity index (χ1v) is 25.4. The number of nitrogens with one attached hydrogen (secondary N) is 2. The lowest BCUT2D eigenvalue weighted by atomic mass is 9.84. The molecule has 6 amide bonds. The molecule has 1 aromatic carbocycles. The summed E-state index contributed by atoms with van der Waals surface area (Å²) in [6.07, 6.45) is 4.38. The number of hydrogen-bond acceptors (Lipinski definition) is 11. The summed E-state index contributed by atoms with van der Waals surface area (Å²) in [6, 6.07) is 6.07. The van der Waals surface area contributed by atoms with Gasteiger partial charge in [0.25, 0.3) is 0 Å². The van der Waals surface area contributed by atoms with E-state index in [4.69, 9.17) is 9.47 Å². The molecule has 16 nitrogen and oxygen atoms in total. The van der Waals surface area contributed by atoms with Crippen LogP contribution in [0.4, 0.5) is 0 Å². The van der Waals surface area contributed by atoms with Crippen molar-refractivity contribution in [1.29, 1.82) is 0 Å². The maximum Gasteiger partial charge on any atom is 0.326 e. The molecule has 0 spiro atoms. The number of carboxylic acid groups (broad SMARTS) is 1. The van der Waals surface area contributed by atoms with E-state index in [1.165, 1.54) is 35.8 Å². The Labute approximate surface area is 402 Å². The fourth-order valence-corrected chi connectivity index (χ4v) is 10.2. The van der Waals surface area contributed by atoms with Gasteiger partial charge in [0.1, 0.15) is 6.04 Å². The highest BCUT2D eigenvalue weighted by Gasteiger charge is 2.43. The molecule has 0 saturated carbocycles. The van der Waals surface area contributed by atoms with E-state index in [1.807, 2.05) is 53.9 Å². The number of rotatable bonds is 29. The van der Waals surface area contributed by atoms with Crippen LogP contribution in [-0.4, -0.2) is 149 Å². The summed E-state index contributed by atoms with van der Waals surface area (Å²) in [6.45, 7) is 13.9. The fourth-order valence-electron chi connectivity index (χ4n) is 9.54. The van der Waals surface area contributed by atoms with Gasteiger partial charge in [0, 0.05) is 66.0 Å². The Morgan fingerprint density at radius 3 is 2.12 bits per heavy atom. The van der Waals surface area contributed by atoms with E-state index in [2.05, 4.69) is 10.6 Å². The van der Waals surface area contributed by atoms with Crippen LogP contribution in [0.1, 0.15) is 118 Å². The van der Waals surface area contributed by atoms with Gasteiger partial charge in [-0.1, -0.05) is 91.6 Å². The van der Waals surface area contributed by atoms with E-state index in [9.17, 15) is 43.5 Å². The van der Waals surface area contributed by atoms with E-state index in [-0.39, 0.29) is 90.4 Å². The van der Waals surface area contributed by atoms with Crippen molar-refractivity contribution in [1.82, 2.24) is 25.3 Å². The topological polar surface area (TPSA) is 209 Å². The molecule has 3 N–H and O–H groups in total. The number of ether oxygens (including phenoxy) is 2. The number of thioether (sulfide) groups is 1. The Bertz CT molecular complexity index is 1830. The number of benzene rings is 1. The van der Waals surface area contributed by atoms with Crippen LogP contribution in [0.2, 0.25) is 0 Å². The number of likely N-dealkylation sites (N-methyl/N-ethyl adjacent to an activating group) is 1. The molecule has 2 fully saturated rings. The van der Waals surface area contributed by atoms with Crippen LogP contribution in [0, 0.1) is 29.6 Å². The molecule has 3 rings (SSSR count). The Kier molecular flexibility index (Phi) is 23.5. The molecule has 0 aliphatic carbocycles. The number of likely N-dealkylation sites (tertiary alicyclic amines) is 2. The number of ketones is 1. The fraction of sp³-hybridized carbons (Fsp3) is 0.720. The van der Waals surface area contributed by atoms with Crippen molar-refractivity contribution in [2.24, 2.45) is 29.6 Å². The van der Waals surface area contributed by atoms with Crippen LogP contribution in [0.5, 0.6) is 0 Å². The van der Waals surface area contributed by atoms with Crippen molar-refractivity contribution < 1.29 is 52.9 Å². The highest BCUT2D eigenvalue weighted by Crippen LogP contribution is 2.30. The number of nitrogens with zero attached hydrogens (tertiary/aromatic N) is 3. The number of methoxy groups -OCH3 is 2. The summed E-state index contributed by atoms with van der Waals surface area (Å²) >= 11 is 1.38. The van der Waals surface area contributed by atoms with Gasteiger partial charge in [-0.2, -0.15) is 11.8 Å². The van der Waals surface area contributed by atoms with Crippen LogP contribution >= 0.6 is 11.8 Å². The maximum absolute atomic E-state index is 14.3. The van der Waals surface area contributed by atoms with Crippen LogP contribution in [0.3, 0.4) is 0 Å². The third-order valence-electron chi connectivity index (χ3n) is 13.8. The molecule has 0 radical (unpaired) electrons. The molecule has 0 bridgehead atoms. The van der Waals surface area contributed by atoms with Gasteiger partial charge in [0.15, 0.2) is 5.78 Å². The Morgan fingerprint density at radius 1 is 0.896 bits per heavy atom. The Morgan fingerprint density at radius 2 is 1.57 bits per heavy atom. The zero-order chi connectivity index (χ0) is 50.1. The summed E-state index contributed by atoms with van der Waals surface area (Å²) in [5, 5.41) is 15.5. The lowest BCUT2D eigenvalue weighted by Gasteiger charge is -2.37. The second kappa shape index (κ2) is 27.6. The van der Waals surface area contributed by atoms with Crippen LogP contribution in [0.15, 0.2) is 30.3 Å². The first-order valence-electron chi connectivity index (χ1n) is 24.1. The minimum absolute atomic E-state index is 0.0714. The number of carbonyl (C=O) groups excluding carboxylic acids is 7. The minimum atomic E-state index is -1.16. The number of unbranched alkanes of at least 4 members (excludes halogenated alkanes) is 2. The van der Waals surface area contributed by atoms with Crippen LogP contribution in [-0.2, 0) is 54.3 Å². The molecule has 1 unspecified atom stereocenters. The van der Waals surface area contributed by atoms with Crippen molar-refractivity contribution in [2.45, 2.75) is 161 Å². The molecule has 2 heterocycles. The second-order valence-electron chi connectivity index (χ2n) is 19.1. The molecule has 1 aromatic rings. The highest BCUT2D eigenvalue weighted by molar-refractivity contribution is 8.00. The maximum atomic E-state index is 14.3. The number of aliphatic carboxylic acids is 1. The molecule has 2 saturated heterocycles. The van der Waals surface area contributed by atoms with Gasteiger partial charge in [-0.05, 0) is 55.3 Å². The average molecular weight is 958 g/mol. The van der Waals surface area contributed by atoms with E-state index in [0.717, 1.165) is 5.56 Å². The van der Waals surface area contributed by atoms with Gasteiger partial charge in [0.2, 0.25) is 35.4 Å². The molecule has 2 aliphatic rings. The smallest absolute Gasteiger partial charge is 0.326 e. The Balaban J connectivity index is 1.66. The largest absolute Gasteiger partial charge is 0.480 e. The molecule has 0 aromatic heterocycles. The van der Waals surface area contributed by atoms with Gasteiger partial charge in [0.05, 0.1) is 47.9 Å². The van der Waals surface area contributed by atoms with Crippen LogP contribution < -0.4 is 10.6 Å². The second-order valence-corrected chi connectivity index (χ2v) is 20.2. The van der Waals surface area contributed by atoms with E-state index >= 15 is 0 Å². The number of carboxylic acids is 1. The predicted octanol–water partition coefficient (Wildman–Crippen LogP) is 5.14. The van der Waals surface area contributed by atoms with Crippen molar-refractivity contribution >= 4 is 59.0 Å². The van der Waals surface area contributed by atoms with E-state index in [0.29, 0.717) is 51.6 Å². The minimum Gasteiger partial charge on any atom is -0.480 e. The summed E-state index contributed by atoms with van der Waals surface area (Å²) < 4.78 is 11.9. The lowest BCUT2D eigenvalue weighted by Crippen LogP contribution is -2.54. The van der Waals surface area contributed by atoms with Gasteiger partial charge in [-0.3, -0.25) is 38.5 Å². The highest BCUT2D eigenvalue weighted by atomic mass is 32.2. The summed E-state index contributed by atoms with van der Waals surface area (Å²) in [7, 11) is 4.60. The zero-order valence-electron chi connectivity index (χ0n) is 41.8. The third kappa shape index (κ3) is 15.8.